The maximum atomic E-state index is 12.6. The smallest absolute Gasteiger partial charge is 0.337 e. The molecule has 0 atom stereocenters. The summed E-state index contributed by atoms with van der Waals surface area (Å²) in [6.45, 7) is 2.35. The third-order valence-electron chi connectivity index (χ3n) is 4.51. The van der Waals surface area contributed by atoms with E-state index in [9.17, 15) is 19.2 Å². The van der Waals surface area contributed by atoms with E-state index in [0.717, 1.165) is 12.8 Å². The highest BCUT2D eigenvalue weighted by atomic mass is 16.5. The predicted octanol–water partition coefficient (Wildman–Crippen LogP) is 3.12. The second kappa shape index (κ2) is 8.04. The monoisotopic (exact) mass is 380 g/mol. The fraction of sp³-hybridized carbons (Fsp3) is 0.238. The molecule has 0 aromatic heterocycles. The number of fused-ring (bicyclic) bond motifs is 1. The summed E-state index contributed by atoms with van der Waals surface area (Å²) in [6.07, 6.45) is 1.60. The van der Waals surface area contributed by atoms with E-state index < -0.39 is 11.9 Å². The number of unbranched alkanes of at least 4 members (excludes halogenated alkanes) is 1. The molecule has 0 unspecified atom stereocenters. The molecule has 0 aliphatic carbocycles. The van der Waals surface area contributed by atoms with Crippen LogP contribution in [0, 0.1) is 0 Å². The van der Waals surface area contributed by atoms with Crippen LogP contribution in [-0.4, -0.2) is 42.2 Å². The Bertz CT molecular complexity index is 967. The van der Waals surface area contributed by atoms with Crippen molar-refractivity contribution in [2.75, 3.05) is 19.0 Å². The van der Waals surface area contributed by atoms with Crippen molar-refractivity contribution in [1.29, 1.82) is 0 Å². The summed E-state index contributed by atoms with van der Waals surface area (Å²) in [5.41, 5.74) is 1.52. The maximum Gasteiger partial charge on any atom is 0.337 e. The van der Waals surface area contributed by atoms with Crippen LogP contribution in [0.2, 0.25) is 0 Å². The van der Waals surface area contributed by atoms with E-state index >= 15 is 0 Å². The molecule has 1 heterocycles. The van der Waals surface area contributed by atoms with Gasteiger partial charge >= 0.3 is 5.97 Å². The highest BCUT2D eigenvalue weighted by Gasteiger charge is 2.35. The number of nitrogens with one attached hydrogen (secondary N) is 1. The number of anilines is 1. The predicted molar refractivity (Wildman–Crippen MR) is 102 cm³/mol. The zero-order valence-electron chi connectivity index (χ0n) is 15.7. The minimum atomic E-state index is -0.509. The Morgan fingerprint density at radius 1 is 1.00 bits per heavy atom. The zero-order valence-corrected chi connectivity index (χ0v) is 15.7. The highest BCUT2D eigenvalue weighted by Crippen LogP contribution is 2.25. The van der Waals surface area contributed by atoms with Crippen LogP contribution in [0.3, 0.4) is 0 Å². The average Bonchev–Trinajstić information content (AvgIpc) is 2.95. The standard InChI is InChI=1S/C21H20N2O5/c1-3-4-10-23-19(25)16-9-8-13(12-17(16)20(23)26)18(24)22-15-7-5-6-14(11-15)21(27)28-2/h5-9,11-12H,3-4,10H2,1-2H3,(H,22,24). The van der Waals surface area contributed by atoms with Gasteiger partial charge in [0.25, 0.3) is 17.7 Å². The molecule has 0 bridgehead atoms. The Kier molecular flexibility index (Phi) is 5.54. The molecular weight excluding hydrogens is 360 g/mol. The van der Waals surface area contributed by atoms with Crippen LogP contribution in [0.5, 0.6) is 0 Å². The number of hydrogen-bond donors (Lipinski definition) is 1. The number of esters is 1. The Hall–Kier alpha value is -3.48. The molecule has 0 spiro atoms. The zero-order chi connectivity index (χ0) is 20.3. The molecule has 3 amide bonds. The van der Waals surface area contributed by atoms with Gasteiger partial charge in [0.1, 0.15) is 0 Å². The summed E-state index contributed by atoms with van der Waals surface area (Å²) in [6, 6.07) is 10.8. The van der Waals surface area contributed by atoms with Crippen LogP contribution in [0.4, 0.5) is 5.69 Å². The lowest BCUT2D eigenvalue weighted by molar-refractivity contribution is 0.0598. The summed E-state index contributed by atoms with van der Waals surface area (Å²) >= 11 is 0. The topological polar surface area (TPSA) is 92.8 Å². The van der Waals surface area contributed by atoms with E-state index in [2.05, 4.69) is 10.1 Å². The largest absolute Gasteiger partial charge is 0.465 e. The van der Waals surface area contributed by atoms with Gasteiger partial charge in [-0.2, -0.15) is 0 Å². The number of benzene rings is 2. The normalized spacial score (nSPS) is 12.7. The molecule has 1 aliphatic rings. The fourth-order valence-corrected chi connectivity index (χ4v) is 3.00. The number of nitrogens with zero attached hydrogens (tertiary/aromatic N) is 1. The number of amides is 3. The van der Waals surface area contributed by atoms with Crippen molar-refractivity contribution in [2.24, 2.45) is 0 Å². The molecule has 0 saturated heterocycles. The SMILES string of the molecule is CCCCN1C(=O)c2ccc(C(=O)Nc3cccc(C(=O)OC)c3)cc2C1=O. The van der Waals surface area contributed by atoms with Crippen LogP contribution in [-0.2, 0) is 4.74 Å². The molecule has 7 heteroatoms. The number of imide groups is 1. The third-order valence-corrected chi connectivity index (χ3v) is 4.51. The summed E-state index contributed by atoms with van der Waals surface area (Å²) in [5.74, 6) is -1.66. The van der Waals surface area contributed by atoms with Crippen LogP contribution >= 0.6 is 0 Å². The Morgan fingerprint density at radius 3 is 2.46 bits per heavy atom. The van der Waals surface area contributed by atoms with Crippen molar-refractivity contribution in [3.05, 3.63) is 64.7 Å². The molecule has 144 valence electrons. The first kappa shape index (κ1) is 19.3. The van der Waals surface area contributed by atoms with Gasteiger partial charge in [-0.25, -0.2) is 4.79 Å². The lowest BCUT2D eigenvalue weighted by Crippen LogP contribution is -2.30. The Balaban J connectivity index is 1.80. The molecule has 0 radical (unpaired) electrons. The van der Waals surface area contributed by atoms with Crippen molar-refractivity contribution in [3.63, 3.8) is 0 Å². The van der Waals surface area contributed by atoms with Crippen LogP contribution in [0.15, 0.2) is 42.5 Å². The number of methoxy groups -OCH3 is 1. The van der Waals surface area contributed by atoms with Gasteiger partial charge in [-0.1, -0.05) is 19.4 Å². The van der Waals surface area contributed by atoms with Crippen molar-refractivity contribution in [2.45, 2.75) is 19.8 Å². The maximum absolute atomic E-state index is 12.6. The highest BCUT2D eigenvalue weighted by molar-refractivity contribution is 6.22. The fourth-order valence-electron chi connectivity index (χ4n) is 3.00. The van der Waals surface area contributed by atoms with Gasteiger partial charge in [0, 0.05) is 17.8 Å². The molecule has 0 fully saturated rings. The van der Waals surface area contributed by atoms with Gasteiger partial charge in [0.05, 0.1) is 23.8 Å². The molecule has 2 aromatic rings. The van der Waals surface area contributed by atoms with Gasteiger partial charge in [-0.3, -0.25) is 19.3 Å². The van der Waals surface area contributed by atoms with E-state index in [1.807, 2.05) is 6.92 Å². The number of hydrogen-bond acceptors (Lipinski definition) is 5. The van der Waals surface area contributed by atoms with E-state index in [1.54, 1.807) is 18.2 Å². The van der Waals surface area contributed by atoms with Crippen LogP contribution < -0.4 is 5.32 Å². The van der Waals surface area contributed by atoms with Crippen LogP contribution in [0.1, 0.15) is 61.2 Å². The first-order chi connectivity index (χ1) is 13.5. The van der Waals surface area contributed by atoms with Crippen molar-refractivity contribution < 1.29 is 23.9 Å². The molecule has 3 rings (SSSR count). The molecule has 1 N–H and O–H groups in total. The molecular formula is C21H20N2O5. The molecule has 7 nitrogen and oxygen atoms in total. The number of carbonyl (C=O) groups excluding carboxylic acids is 4. The number of rotatable bonds is 6. The first-order valence-corrected chi connectivity index (χ1v) is 8.96. The molecule has 28 heavy (non-hydrogen) atoms. The summed E-state index contributed by atoms with van der Waals surface area (Å²) < 4.78 is 4.67. The molecule has 1 aliphatic heterocycles. The Labute approximate surface area is 162 Å². The van der Waals surface area contributed by atoms with Gasteiger partial charge in [-0.05, 0) is 42.8 Å². The van der Waals surface area contributed by atoms with Crippen LogP contribution in [0.25, 0.3) is 0 Å². The molecule has 2 aromatic carbocycles. The number of carbonyl (C=O) groups is 4. The quantitative estimate of drug-likeness (QED) is 0.614. The van der Waals surface area contributed by atoms with Crippen molar-refractivity contribution in [3.8, 4) is 0 Å². The lowest BCUT2D eigenvalue weighted by atomic mass is 10.1. The molecule has 0 saturated carbocycles. The van der Waals surface area contributed by atoms with Crippen molar-refractivity contribution in [1.82, 2.24) is 4.90 Å². The third kappa shape index (κ3) is 3.64. The summed E-state index contributed by atoms with van der Waals surface area (Å²) in [5, 5.41) is 2.68. The second-order valence-electron chi connectivity index (χ2n) is 6.40. The van der Waals surface area contributed by atoms with Gasteiger partial charge in [0.15, 0.2) is 0 Å². The van der Waals surface area contributed by atoms with E-state index in [4.69, 9.17) is 0 Å². The van der Waals surface area contributed by atoms with E-state index in [1.165, 1.54) is 36.3 Å². The van der Waals surface area contributed by atoms with Gasteiger partial charge in [-0.15, -0.1) is 0 Å². The minimum Gasteiger partial charge on any atom is -0.465 e. The summed E-state index contributed by atoms with van der Waals surface area (Å²) in [7, 11) is 1.28. The lowest BCUT2D eigenvalue weighted by Gasteiger charge is -2.12. The van der Waals surface area contributed by atoms with Gasteiger partial charge < -0.3 is 10.1 Å². The van der Waals surface area contributed by atoms with E-state index in [-0.39, 0.29) is 22.9 Å². The number of ether oxygens (including phenoxy) is 1. The second-order valence-corrected chi connectivity index (χ2v) is 6.40. The van der Waals surface area contributed by atoms with E-state index in [0.29, 0.717) is 23.4 Å². The van der Waals surface area contributed by atoms with Crippen molar-refractivity contribution >= 4 is 29.4 Å². The van der Waals surface area contributed by atoms with Gasteiger partial charge in [0.2, 0.25) is 0 Å². The Morgan fingerprint density at radius 2 is 1.75 bits per heavy atom. The minimum absolute atomic E-state index is 0.233. The average molecular weight is 380 g/mol. The first-order valence-electron chi connectivity index (χ1n) is 8.96. The summed E-state index contributed by atoms with van der Waals surface area (Å²) in [4.78, 5) is 50.3.